The molecule has 1 rings (SSSR count). The van der Waals surface area contributed by atoms with Crippen molar-refractivity contribution in [3.05, 3.63) is 29.8 Å². The number of ether oxygens (including phenoxy) is 1. The minimum atomic E-state index is 0.245. The number of hydrogen-bond acceptors (Lipinski definition) is 4. The molecule has 1 aromatic rings. The van der Waals surface area contributed by atoms with E-state index in [4.69, 9.17) is 15.7 Å². The number of methoxy groups -OCH3 is 1. The summed E-state index contributed by atoms with van der Waals surface area (Å²) < 4.78 is 5.12. The number of hydrogen-bond donors (Lipinski definition) is 3. The standard InChI is InChI=1S/C14H23N3O2/c1-3-12(10-14(15)17-18)16-9-8-11-4-6-13(19-2)7-5-11/h4-7,12,16,18H,3,8-10H2,1-2H3,(H2,15,17). The molecule has 0 bridgehead atoms. The Labute approximate surface area is 114 Å². The zero-order valence-electron chi connectivity index (χ0n) is 11.6. The van der Waals surface area contributed by atoms with Gasteiger partial charge in [0.1, 0.15) is 11.6 Å². The molecule has 0 heterocycles. The summed E-state index contributed by atoms with van der Waals surface area (Å²) in [5.41, 5.74) is 6.77. The first-order valence-electron chi connectivity index (χ1n) is 6.52. The van der Waals surface area contributed by atoms with Crippen molar-refractivity contribution in [1.82, 2.24) is 5.32 Å². The highest BCUT2D eigenvalue weighted by molar-refractivity contribution is 5.80. The van der Waals surface area contributed by atoms with Crippen molar-refractivity contribution < 1.29 is 9.94 Å². The lowest BCUT2D eigenvalue weighted by molar-refractivity contribution is 0.315. The number of nitrogens with zero attached hydrogens (tertiary/aromatic N) is 1. The second kappa shape index (κ2) is 8.37. The van der Waals surface area contributed by atoms with E-state index in [2.05, 4.69) is 29.5 Å². The van der Waals surface area contributed by atoms with E-state index in [1.807, 2.05) is 12.1 Å². The Hall–Kier alpha value is -1.75. The first kappa shape index (κ1) is 15.3. The molecular formula is C14H23N3O2. The van der Waals surface area contributed by atoms with Gasteiger partial charge in [-0.05, 0) is 37.1 Å². The number of benzene rings is 1. The summed E-state index contributed by atoms with van der Waals surface area (Å²) in [6.07, 6.45) is 2.45. The maximum absolute atomic E-state index is 8.56. The molecule has 0 radical (unpaired) electrons. The summed E-state index contributed by atoms with van der Waals surface area (Å²) in [7, 11) is 1.66. The van der Waals surface area contributed by atoms with Gasteiger partial charge in [-0.3, -0.25) is 0 Å². The highest BCUT2D eigenvalue weighted by Crippen LogP contribution is 2.11. The third kappa shape index (κ3) is 5.61. The lowest BCUT2D eigenvalue weighted by Gasteiger charge is -2.16. The molecule has 0 aromatic heterocycles. The molecule has 4 N–H and O–H groups in total. The maximum atomic E-state index is 8.56. The minimum Gasteiger partial charge on any atom is -0.497 e. The predicted octanol–water partition coefficient (Wildman–Crippen LogP) is 1.74. The van der Waals surface area contributed by atoms with Crippen LogP contribution in [0, 0.1) is 0 Å². The van der Waals surface area contributed by atoms with Crippen LogP contribution < -0.4 is 15.8 Å². The third-order valence-electron chi connectivity index (χ3n) is 3.08. The Kier molecular flexibility index (Phi) is 6.74. The van der Waals surface area contributed by atoms with Crippen LogP contribution in [-0.2, 0) is 6.42 Å². The molecular weight excluding hydrogens is 242 g/mol. The largest absolute Gasteiger partial charge is 0.497 e. The second-order valence-electron chi connectivity index (χ2n) is 4.45. The van der Waals surface area contributed by atoms with Gasteiger partial charge in [0, 0.05) is 12.5 Å². The lowest BCUT2D eigenvalue weighted by Crippen LogP contribution is -2.34. The molecule has 1 atom stereocenters. The monoisotopic (exact) mass is 265 g/mol. The number of amidine groups is 1. The summed E-state index contributed by atoms with van der Waals surface area (Å²) in [6, 6.07) is 8.29. The van der Waals surface area contributed by atoms with Gasteiger partial charge in [-0.2, -0.15) is 0 Å². The van der Waals surface area contributed by atoms with Crippen molar-refractivity contribution in [3.63, 3.8) is 0 Å². The molecule has 5 heteroatoms. The summed E-state index contributed by atoms with van der Waals surface area (Å²) in [5, 5.41) is 15.0. The van der Waals surface area contributed by atoms with E-state index < -0.39 is 0 Å². The van der Waals surface area contributed by atoms with Gasteiger partial charge in [-0.25, -0.2) is 0 Å². The fourth-order valence-corrected chi connectivity index (χ4v) is 1.87. The molecule has 1 aromatic carbocycles. The van der Waals surface area contributed by atoms with Gasteiger partial charge in [-0.15, -0.1) is 0 Å². The van der Waals surface area contributed by atoms with E-state index >= 15 is 0 Å². The van der Waals surface area contributed by atoms with Gasteiger partial charge >= 0.3 is 0 Å². The van der Waals surface area contributed by atoms with E-state index in [1.165, 1.54) is 5.56 Å². The Morgan fingerprint density at radius 1 is 1.42 bits per heavy atom. The topological polar surface area (TPSA) is 79.9 Å². The predicted molar refractivity (Wildman–Crippen MR) is 76.8 cm³/mol. The Balaban J connectivity index is 2.35. The van der Waals surface area contributed by atoms with Crippen LogP contribution in [0.3, 0.4) is 0 Å². The SMILES string of the molecule is CCC(CC(N)=NO)NCCc1ccc(OC)cc1. The van der Waals surface area contributed by atoms with Gasteiger partial charge in [0.2, 0.25) is 0 Å². The first-order chi connectivity index (χ1) is 9.19. The molecule has 0 fully saturated rings. The Morgan fingerprint density at radius 2 is 2.11 bits per heavy atom. The van der Waals surface area contributed by atoms with Crippen molar-refractivity contribution in [2.75, 3.05) is 13.7 Å². The summed E-state index contributed by atoms with van der Waals surface area (Å²) in [5.74, 6) is 1.14. The molecule has 0 aliphatic heterocycles. The van der Waals surface area contributed by atoms with Crippen LogP contribution in [-0.4, -0.2) is 30.7 Å². The summed E-state index contributed by atoms with van der Waals surface area (Å²) >= 11 is 0. The molecule has 1 unspecified atom stereocenters. The number of nitrogens with one attached hydrogen (secondary N) is 1. The molecule has 0 amide bonds. The zero-order valence-corrected chi connectivity index (χ0v) is 11.6. The van der Waals surface area contributed by atoms with E-state index in [1.54, 1.807) is 7.11 Å². The van der Waals surface area contributed by atoms with Crippen LogP contribution in [0.15, 0.2) is 29.4 Å². The van der Waals surface area contributed by atoms with Gasteiger partial charge < -0.3 is 21.0 Å². The van der Waals surface area contributed by atoms with E-state index in [-0.39, 0.29) is 11.9 Å². The fraction of sp³-hybridized carbons (Fsp3) is 0.500. The zero-order chi connectivity index (χ0) is 14.1. The van der Waals surface area contributed by atoms with Crippen molar-refractivity contribution in [2.24, 2.45) is 10.9 Å². The molecule has 0 saturated carbocycles. The summed E-state index contributed by atoms with van der Waals surface area (Å²) in [6.45, 7) is 2.94. The van der Waals surface area contributed by atoms with Gasteiger partial charge in [0.15, 0.2) is 0 Å². The summed E-state index contributed by atoms with van der Waals surface area (Å²) in [4.78, 5) is 0. The molecule has 0 spiro atoms. The Morgan fingerprint density at radius 3 is 2.63 bits per heavy atom. The van der Waals surface area contributed by atoms with Crippen LogP contribution in [0.1, 0.15) is 25.3 Å². The van der Waals surface area contributed by atoms with Crippen molar-refractivity contribution >= 4 is 5.84 Å². The van der Waals surface area contributed by atoms with Crippen LogP contribution >= 0.6 is 0 Å². The maximum Gasteiger partial charge on any atom is 0.140 e. The first-order valence-corrected chi connectivity index (χ1v) is 6.52. The molecule has 0 saturated heterocycles. The van der Waals surface area contributed by atoms with E-state index in [0.717, 1.165) is 25.1 Å². The molecule has 5 nitrogen and oxygen atoms in total. The quantitative estimate of drug-likeness (QED) is 0.289. The average molecular weight is 265 g/mol. The molecule has 19 heavy (non-hydrogen) atoms. The van der Waals surface area contributed by atoms with Crippen molar-refractivity contribution in [3.8, 4) is 5.75 Å². The highest BCUT2D eigenvalue weighted by Gasteiger charge is 2.07. The van der Waals surface area contributed by atoms with Crippen molar-refractivity contribution in [2.45, 2.75) is 32.2 Å². The van der Waals surface area contributed by atoms with Crippen LogP contribution in [0.25, 0.3) is 0 Å². The van der Waals surface area contributed by atoms with Crippen LogP contribution in [0.5, 0.6) is 5.75 Å². The van der Waals surface area contributed by atoms with Gasteiger partial charge in [0.05, 0.1) is 7.11 Å². The number of rotatable bonds is 8. The van der Waals surface area contributed by atoms with Gasteiger partial charge in [-0.1, -0.05) is 24.2 Å². The van der Waals surface area contributed by atoms with Gasteiger partial charge in [0.25, 0.3) is 0 Å². The van der Waals surface area contributed by atoms with E-state index in [9.17, 15) is 0 Å². The smallest absolute Gasteiger partial charge is 0.140 e. The molecule has 0 aliphatic rings. The molecule has 0 aliphatic carbocycles. The third-order valence-corrected chi connectivity index (χ3v) is 3.08. The fourth-order valence-electron chi connectivity index (χ4n) is 1.87. The van der Waals surface area contributed by atoms with Crippen LogP contribution in [0.4, 0.5) is 0 Å². The number of oxime groups is 1. The second-order valence-corrected chi connectivity index (χ2v) is 4.45. The molecule has 106 valence electrons. The normalized spacial score (nSPS) is 13.3. The lowest BCUT2D eigenvalue weighted by atomic mass is 10.1. The number of nitrogens with two attached hydrogens (primary N) is 1. The van der Waals surface area contributed by atoms with Crippen LogP contribution in [0.2, 0.25) is 0 Å². The van der Waals surface area contributed by atoms with E-state index in [0.29, 0.717) is 6.42 Å². The minimum absolute atomic E-state index is 0.245. The van der Waals surface area contributed by atoms with Crippen molar-refractivity contribution in [1.29, 1.82) is 0 Å². The Bertz CT molecular complexity index is 390. The average Bonchev–Trinajstić information content (AvgIpc) is 2.46. The highest BCUT2D eigenvalue weighted by atomic mass is 16.5.